The smallest absolute Gasteiger partial charge is 0.338 e. The molecule has 0 aliphatic rings. The number of rotatable bonds is 8. The van der Waals surface area contributed by atoms with Crippen LogP contribution in [0.5, 0.6) is 0 Å². The minimum atomic E-state index is -0.620. The number of amides is 1. The van der Waals surface area contributed by atoms with Gasteiger partial charge in [0.1, 0.15) is 0 Å². The fourth-order valence-electron chi connectivity index (χ4n) is 2.01. The average molecular weight is 354 g/mol. The predicted molar refractivity (Wildman–Crippen MR) is 97.1 cm³/mol. The van der Waals surface area contributed by atoms with Crippen LogP contribution >= 0.6 is 11.8 Å². The first-order valence-corrected chi connectivity index (χ1v) is 8.90. The van der Waals surface area contributed by atoms with E-state index in [0.717, 1.165) is 11.5 Å². The first-order chi connectivity index (χ1) is 12.2. The molecular weight excluding hydrogens is 336 g/mol. The van der Waals surface area contributed by atoms with E-state index in [2.05, 4.69) is 17.4 Å². The van der Waals surface area contributed by atoms with E-state index in [0.29, 0.717) is 12.1 Å². The Balaban J connectivity index is 1.62. The number of nitrogens with one attached hydrogen (secondary N) is 1. The Morgan fingerprint density at radius 3 is 2.68 bits per heavy atom. The topological polar surface area (TPSA) is 79.2 Å². The van der Waals surface area contributed by atoms with Gasteiger partial charge in [-0.25, -0.2) is 4.79 Å². The van der Waals surface area contributed by atoms with Gasteiger partial charge in [-0.3, -0.25) is 4.79 Å². The van der Waals surface area contributed by atoms with Crippen LogP contribution in [0.1, 0.15) is 21.5 Å². The molecule has 0 spiro atoms. The molecule has 0 aliphatic heterocycles. The molecule has 2 aromatic carbocycles. The van der Waals surface area contributed by atoms with Gasteiger partial charge in [0.2, 0.25) is 0 Å². The Morgan fingerprint density at radius 2 is 1.92 bits per heavy atom. The molecule has 0 aromatic heterocycles. The molecule has 0 unspecified atom stereocenters. The maximum atomic E-state index is 11.8. The molecule has 0 heterocycles. The largest absolute Gasteiger partial charge is 0.452 e. The Kier molecular flexibility index (Phi) is 7.54. The van der Waals surface area contributed by atoms with E-state index in [1.54, 1.807) is 30.0 Å². The number of nitrogens with zero attached hydrogens (tertiary/aromatic N) is 1. The summed E-state index contributed by atoms with van der Waals surface area (Å²) in [5.41, 5.74) is 1.87. The van der Waals surface area contributed by atoms with Gasteiger partial charge < -0.3 is 10.1 Å². The van der Waals surface area contributed by atoms with Crippen LogP contribution < -0.4 is 5.32 Å². The molecule has 0 radical (unpaired) electrons. The average Bonchev–Trinajstić information content (AvgIpc) is 2.66. The van der Waals surface area contributed by atoms with Gasteiger partial charge in [-0.2, -0.15) is 17.0 Å². The second-order valence-electron chi connectivity index (χ2n) is 5.16. The van der Waals surface area contributed by atoms with Crippen molar-refractivity contribution in [3.63, 3.8) is 0 Å². The maximum absolute atomic E-state index is 11.8. The summed E-state index contributed by atoms with van der Waals surface area (Å²) in [6.45, 7) is 0.177. The Bertz CT molecular complexity index is 757. The van der Waals surface area contributed by atoms with Crippen molar-refractivity contribution >= 4 is 23.6 Å². The summed E-state index contributed by atoms with van der Waals surface area (Å²) in [6, 6.07) is 18.2. The van der Waals surface area contributed by atoms with Crippen LogP contribution in [0.2, 0.25) is 0 Å². The number of benzene rings is 2. The van der Waals surface area contributed by atoms with Crippen molar-refractivity contribution in [2.24, 2.45) is 0 Å². The van der Waals surface area contributed by atoms with Crippen LogP contribution in [-0.2, 0) is 15.3 Å². The highest BCUT2D eigenvalue weighted by Crippen LogP contribution is 2.10. The number of ether oxygens (including phenoxy) is 1. The molecule has 5 nitrogen and oxygen atoms in total. The van der Waals surface area contributed by atoms with Crippen LogP contribution in [0, 0.1) is 11.3 Å². The van der Waals surface area contributed by atoms with Gasteiger partial charge in [0.15, 0.2) is 6.61 Å². The summed E-state index contributed by atoms with van der Waals surface area (Å²) in [7, 11) is 0. The summed E-state index contributed by atoms with van der Waals surface area (Å²) in [5, 5.41) is 11.5. The molecule has 128 valence electrons. The van der Waals surface area contributed by atoms with Crippen molar-refractivity contribution in [3.05, 3.63) is 71.3 Å². The Morgan fingerprint density at radius 1 is 1.12 bits per heavy atom. The SMILES string of the molecule is N#Cc1cccc(C(=O)OCC(=O)NCCSCc2ccccc2)c1. The third-order valence-electron chi connectivity index (χ3n) is 3.24. The second-order valence-corrected chi connectivity index (χ2v) is 6.26. The molecule has 0 saturated heterocycles. The van der Waals surface area contributed by atoms with Gasteiger partial charge in [-0.1, -0.05) is 36.4 Å². The minimum Gasteiger partial charge on any atom is -0.452 e. The summed E-state index contributed by atoms with van der Waals surface area (Å²) < 4.78 is 4.95. The fraction of sp³-hybridized carbons (Fsp3) is 0.211. The minimum absolute atomic E-state index is 0.255. The predicted octanol–water partition coefficient (Wildman–Crippen LogP) is 2.76. The van der Waals surface area contributed by atoms with E-state index >= 15 is 0 Å². The standard InChI is InChI=1S/C19H18N2O3S/c20-12-16-7-4-8-17(11-16)19(23)24-13-18(22)21-9-10-25-14-15-5-2-1-3-6-15/h1-8,11H,9-10,13-14H2,(H,21,22). The van der Waals surface area contributed by atoms with Crippen molar-refractivity contribution in [1.82, 2.24) is 5.32 Å². The van der Waals surface area contributed by atoms with E-state index < -0.39 is 5.97 Å². The zero-order chi connectivity index (χ0) is 17.9. The second kappa shape index (κ2) is 10.2. The highest BCUT2D eigenvalue weighted by atomic mass is 32.2. The van der Waals surface area contributed by atoms with Gasteiger partial charge in [0.05, 0.1) is 17.2 Å². The van der Waals surface area contributed by atoms with Gasteiger partial charge in [-0.15, -0.1) is 0 Å². The van der Waals surface area contributed by atoms with Gasteiger partial charge in [-0.05, 0) is 23.8 Å². The molecule has 2 rings (SSSR count). The summed E-state index contributed by atoms with van der Waals surface area (Å²) in [6.07, 6.45) is 0. The summed E-state index contributed by atoms with van der Waals surface area (Å²) in [4.78, 5) is 23.5. The normalized spacial score (nSPS) is 9.88. The highest BCUT2D eigenvalue weighted by Gasteiger charge is 2.10. The molecule has 25 heavy (non-hydrogen) atoms. The lowest BCUT2D eigenvalue weighted by Gasteiger charge is -2.07. The van der Waals surface area contributed by atoms with Gasteiger partial charge >= 0.3 is 5.97 Å². The Hall–Kier alpha value is -2.78. The monoisotopic (exact) mass is 354 g/mol. The first kappa shape index (κ1) is 18.6. The highest BCUT2D eigenvalue weighted by molar-refractivity contribution is 7.98. The number of hydrogen-bond donors (Lipinski definition) is 1. The third-order valence-corrected chi connectivity index (χ3v) is 4.27. The molecule has 1 amide bonds. The molecule has 0 saturated carbocycles. The lowest BCUT2D eigenvalue weighted by molar-refractivity contribution is -0.124. The van der Waals surface area contributed by atoms with E-state index in [4.69, 9.17) is 10.00 Å². The van der Waals surface area contributed by atoms with Crippen molar-refractivity contribution in [1.29, 1.82) is 5.26 Å². The quantitative estimate of drug-likeness (QED) is 0.582. The summed E-state index contributed by atoms with van der Waals surface area (Å²) in [5.74, 6) is 0.704. The van der Waals surface area contributed by atoms with Crippen molar-refractivity contribution in [2.45, 2.75) is 5.75 Å². The van der Waals surface area contributed by atoms with Crippen LogP contribution in [-0.4, -0.2) is 30.8 Å². The number of carbonyl (C=O) groups is 2. The third kappa shape index (κ3) is 6.69. The number of hydrogen-bond acceptors (Lipinski definition) is 5. The molecule has 1 N–H and O–H groups in total. The summed E-state index contributed by atoms with van der Waals surface area (Å²) >= 11 is 1.72. The van der Waals surface area contributed by atoms with Crippen molar-refractivity contribution in [2.75, 3.05) is 18.9 Å². The molecular formula is C19H18N2O3S. The van der Waals surface area contributed by atoms with Crippen LogP contribution in [0.15, 0.2) is 54.6 Å². The van der Waals surface area contributed by atoms with Crippen molar-refractivity contribution in [3.8, 4) is 6.07 Å². The first-order valence-electron chi connectivity index (χ1n) is 7.74. The van der Waals surface area contributed by atoms with Gasteiger partial charge in [0.25, 0.3) is 5.91 Å². The zero-order valence-electron chi connectivity index (χ0n) is 13.6. The van der Waals surface area contributed by atoms with E-state index in [9.17, 15) is 9.59 Å². The van der Waals surface area contributed by atoms with E-state index in [-0.39, 0.29) is 18.1 Å². The van der Waals surface area contributed by atoms with Gasteiger partial charge in [0, 0.05) is 18.1 Å². The molecule has 0 bridgehead atoms. The number of thioether (sulfide) groups is 1. The Labute approximate surface area is 151 Å². The molecule has 6 heteroatoms. The van der Waals surface area contributed by atoms with Crippen molar-refractivity contribution < 1.29 is 14.3 Å². The zero-order valence-corrected chi connectivity index (χ0v) is 14.4. The lowest BCUT2D eigenvalue weighted by atomic mass is 10.1. The molecule has 0 atom stereocenters. The lowest BCUT2D eigenvalue weighted by Crippen LogP contribution is -2.30. The molecule has 0 aliphatic carbocycles. The number of carbonyl (C=O) groups excluding carboxylic acids is 2. The van der Waals surface area contributed by atoms with Crippen LogP contribution in [0.4, 0.5) is 0 Å². The van der Waals surface area contributed by atoms with E-state index in [1.807, 2.05) is 24.3 Å². The maximum Gasteiger partial charge on any atom is 0.338 e. The fourth-order valence-corrected chi connectivity index (χ4v) is 2.83. The molecule has 0 fully saturated rings. The van der Waals surface area contributed by atoms with Crippen LogP contribution in [0.3, 0.4) is 0 Å². The van der Waals surface area contributed by atoms with E-state index in [1.165, 1.54) is 11.6 Å². The number of nitriles is 1. The van der Waals surface area contributed by atoms with Crippen LogP contribution in [0.25, 0.3) is 0 Å². The number of esters is 1. The molecule has 2 aromatic rings.